The van der Waals surface area contributed by atoms with Gasteiger partial charge in [0.25, 0.3) is 7.82 Å². The molecule has 0 aliphatic carbocycles. The third kappa shape index (κ3) is 54.4. The number of ether oxygens (including phenoxy) is 2. The number of rotatable bonds is 45. The topological polar surface area (TPSA) is 111 Å². The molecule has 400 valence electrons. The molecule has 10 heteroatoms. The second kappa shape index (κ2) is 51.0. The molecular formula is C62H94NO8P. The number of unbranched alkanes of at least 4 members (excludes halogenated alkanes) is 1. The number of nitrogens with zero attached hydrogens (tertiary/aromatic N) is 1. The average Bonchev–Trinajstić information content (AvgIpc) is 3.34. The number of hydrogen-bond acceptors (Lipinski definition) is 8. The summed E-state index contributed by atoms with van der Waals surface area (Å²) in [5.74, 6) is -1.02. The summed E-state index contributed by atoms with van der Waals surface area (Å²) in [6.07, 6.45) is 79.6. The second-order valence-corrected chi connectivity index (χ2v) is 19.2. The normalized spacial score (nSPS) is 14.8. The van der Waals surface area contributed by atoms with E-state index in [2.05, 4.69) is 178 Å². The van der Waals surface area contributed by atoms with Crippen LogP contribution in [-0.2, 0) is 32.7 Å². The first-order valence-corrected chi connectivity index (χ1v) is 28.0. The molecule has 0 aromatic heterocycles. The van der Waals surface area contributed by atoms with Crippen LogP contribution in [-0.4, -0.2) is 70.0 Å². The molecule has 0 fully saturated rings. The Morgan fingerprint density at radius 2 is 0.750 bits per heavy atom. The Morgan fingerprint density at radius 3 is 1.08 bits per heavy atom. The first-order chi connectivity index (χ1) is 35.0. The summed E-state index contributed by atoms with van der Waals surface area (Å²) in [6, 6.07) is 0. The van der Waals surface area contributed by atoms with Crippen molar-refractivity contribution < 1.29 is 42.1 Å². The number of allylic oxidation sites excluding steroid dienone is 30. The van der Waals surface area contributed by atoms with Gasteiger partial charge in [0.2, 0.25) is 0 Å². The van der Waals surface area contributed by atoms with Gasteiger partial charge in [0, 0.05) is 12.8 Å². The Balaban J connectivity index is 4.50. The van der Waals surface area contributed by atoms with Gasteiger partial charge in [-0.05, 0) is 116 Å². The zero-order chi connectivity index (χ0) is 52.7. The highest BCUT2D eigenvalue weighted by atomic mass is 31.2. The number of quaternary nitrogens is 1. The predicted octanol–water partition coefficient (Wildman–Crippen LogP) is 15.8. The van der Waals surface area contributed by atoms with E-state index >= 15 is 0 Å². The van der Waals surface area contributed by atoms with E-state index in [4.69, 9.17) is 18.5 Å². The minimum atomic E-state index is -4.68. The van der Waals surface area contributed by atoms with Gasteiger partial charge >= 0.3 is 11.9 Å². The van der Waals surface area contributed by atoms with Crippen molar-refractivity contribution in [2.45, 2.75) is 148 Å². The van der Waals surface area contributed by atoms with Crippen molar-refractivity contribution in [3.8, 4) is 0 Å². The molecular weight excluding hydrogens is 918 g/mol. The van der Waals surface area contributed by atoms with Crippen molar-refractivity contribution in [2.75, 3.05) is 47.5 Å². The van der Waals surface area contributed by atoms with Crippen LogP contribution in [0.15, 0.2) is 182 Å². The van der Waals surface area contributed by atoms with Crippen LogP contribution in [0.5, 0.6) is 0 Å². The van der Waals surface area contributed by atoms with Crippen LogP contribution in [0.1, 0.15) is 142 Å². The van der Waals surface area contributed by atoms with Gasteiger partial charge in [0.05, 0.1) is 27.7 Å². The standard InChI is InChI=1S/C62H94NO8P/c1-6-8-10-12-14-16-18-20-22-24-26-27-28-29-30-31-32-33-34-35-37-39-41-43-45-47-49-51-53-55-62(65)71-60(59-70-72(66,67)69-57-56-63(3,4)5)58-68-61(64)54-52-50-48-46-44-42-40-38-36-25-23-21-19-17-15-13-11-9-7-2/h8-11,14-17,20-23,26-27,29-30,32-33,35-38,41-44,47-50,60H,6-7,12-13,18-19,24-25,28,31,34,39-40,45-46,51-59H2,1-5H3/b10-8-,11-9-,16-14-,17-15-,22-20-,23-21-,27-26-,30-29-,33-32-,37-35-,38-36-,43-41-,44-42-,49-47-,50-48-. The van der Waals surface area contributed by atoms with E-state index in [1.54, 1.807) is 0 Å². The minimum absolute atomic E-state index is 0.0651. The van der Waals surface area contributed by atoms with Crippen molar-refractivity contribution >= 4 is 19.8 Å². The predicted molar refractivity (Wildman–Crippen MR) is 304 cm³/mol. The molecule has 2 atom stereocenters. The summed E-state index contributed by atoms with van der Waals surface area (Å²) in [4.78, 5) is 37.7. The van der Waals surface area contributed by atoms with Crippen molar-refractivity contribution in [1.29, 1.82) is 0 Å². The maximum absolute atomic E-state index is 12.7. The van der Waals surface area contributed by atoms with E-state index in [0.717, 1.165) is 96.3 Å². The number of carbonyl (C=O) groups is 2. The molecule has 72 heavy (non-hydrogen) atoms. The van der Waals surface area contributed by atoms with Gasteiger partial charge in [-0.25, -0.2) is 0 Å². The number of hydrogen-bond donors (Lipinski definition) is 0. The molecule has 0 aromatic rings. The lowest BCUT2D eigenvalue weighted by atomic mass is 10.2. The van der Waals surface area contributed by atoms with Crippen molar-refractivity contribution in [3.63, 3.8) is 0 Å². The van der Waals surface area contributed by atoms with E-state index in [-0.39, 0.29) is 26.1 Å². The molecule has 0 aliphatic rings. The van der Waals surface area contributed by atoms with Crippen LogP contribution in [0, 0.1) is 0 Å². The van der Waals surface area contributed by atoms with Gasteiger partial charge in [-0.15, -0.1) is 0 Å². The number of carbonyl (C=O) groups excluding carboxylic acids is 2. The molecule has 0 N–H and O–H groups in total. The van der Waals surface area contributed by atoms with Gasteiger partial charge < -0.3 is 27.9 Å². The number of esters is 2. The molecule has 9 nitrogen and oxygen atoms in total. The molecule has 2 unspecified atom stereocenters. The van der Waals surface area contributed by atoms with Crippen molar-refractivity contribution in [1.82, 2.24) is 0 Å². The Kier molecular flexibility index (Phi) is 47.6. The van der Waals surface area contributed by atoms with Crippen molar-refractivity contribution in [3.05, 3.63) is 182 Å². The lowest BCUT2D eigenvalue weighted by molar-refractivity contribution is -0.870. The molecule has 0 rings (SSSR count). The molecule has 0 heterocycles. The average molecular weight is 1010 g/mol. The fourth-order valence-electron chi connectivity index (χ4n) is 5.91. The summed E-state index contributed by atoms with van der Waals surface area (Å²) in [5.41, 5.74) is 0. The maximum Gasteiger partial charge on any atom is 0.306 e. The number of phosphoric ester groups is 1. The fraction of sp³-hybridized carbons (Fsp3) is 0.484. The zero-order valence-electron chi connectivity index (χ0n) is 45.0. The SMILES string of the molecule is CC/C=C\C/C=C\C/C=C\C/C=C\C/C=C\C/C=C\C/C=C\C/C=C\C/C=C\CCCC(=O)OC(COC(=O)CC/C=C\C/C=C\C/C=C\C/C=C\C/C=C\C/C=C\CC)COP(=O)([O-])OCC[N+](C)(C)C. The van der Waals surface area contributed by atoms with Crippen LogP contribution >= 0.6 is 7.82 Å². The van der Waals surface area contributed by atoms with E-state index in [9.17, 15) is 19.0 Å². The number of likely N-dealkylation sites (N-methyl/N-ethyl adjacent to an activating group) is 1. The second-order valence-electron chi connectivity index (χ2n) is 17.8. The maximum atomic E-state index is 12.7. The highest BCUT2D eigenvalue weighted by Gasteiger charge is 2.21. The van der Waals surface area contributed by atoms with E-state index in [1.165, 1.54) is 0 Å². The summed E-state index contributed by atoms with van der Waals surface area (Å²) in [5, 5.41) is 0. The highest BCUT2D eigenvalue weighted by molar-refractivity contribution is 7.45. The van der Waals surface area contributed by atoms with Crippen molar-refractivity contribution in [2.24, 2.45) is 0 Å². The summed E-state index contributed by atoms with van der Waals surface area (Å²) in [6.45, 7) is 3.80. The molecule has 0 radical (unpaired) electrons. The molecule has 0 aliphatic heterocycles. The molecule has 0 bridgehead atoms. The van der Waals surface area contributed by atoms with Gasteiger partial charge in [0.1, 0.15) is 19.8 Å². The van der Waals surface area contributed by atoms with Crippen LogP contribution < -0.4 is 4.89 Å². The Bertz CT molecular complexity index is 1860. The molecule has 0 saturated heterocycles. The molecule has 0 saturated carbocycles. The van der Waals surface area contributed by atoms with E-state index in [1.807, 2.05) is 39.4 Å². The smallest absolute Gasteiger partial charge is 0.306 e. The summed E-state index contributed by atoms with van der Waals surface area (Å²) < 4.78 is 33.9. The van der Waals surface area contributed by atoms with Crippen LogP contribution in [0.3, 0.4) is 0 Å². The van der Waals surface area contributed by atoms with E-state index in [0.29, 0.717) is 30.3 Å². The highest BCUT2D eigenvalue weighted by Crippen LogP contribution is 2.38. The lowest BCUT2D eigenvalue weighted by Crippen LogP contribution is -2.37. The monoisotopic (exact) mass is 1010 g/mol. The summed E-state index contributed by atoms with van der Waals surface area (Å²) >= 11 is 0. The molecule has 0 amide bonds. The molecule has 0 aromatic carbocycles. The zero-order valence-corrected chi connectivity index (χ0v) is 45.9. The van der Waals surface area contributed by atoms with Crippen LogP contribution in [0.4, 0.5) is 0 Å². The van der Waals surface area contributed by atoms with Gasteiger partial charge in [-0.1, -0.05) is 196 Å². The first kappa shape index (κ1) is 67.1. The molecule has 0 spiro atoms. The first-order valence-electron chi connectivity index (χ1n) is 26.5. The largest absolute Gasteiger partial charge is 0.756 e. The minimum Gasteiger partial charge on any atom is -0.756 e. The van der Waals surface area contributed by atoms with Gasteiger partial charge in [-0.3, -0.25) is 14.2 Å². The number of phosphoric acid groups is 1. The Morgan fingerprint density at radius 1 is 0.431 bits per heavy atom. The van der Waals surface area contributed by atoms with Crippen LogP contribution in [0.2, 0.25) is 0 Å². The fourth-order valence-corrected chi connectivity index (χ4v) is 6.64. The lowest BCUT2D eigenvalue weighted by Gasteiger charge is -2.28. The van der Waals surface area contributed by atoms with Crippen LogP contribution in [0.25, 0.3) is 0 Å². The summed E-state index contributed by atoms with van der Waals surface area (Å²) in [7, 11) is 1.05. The van der Waals surface area contributed by atoms with E-state index < -0.39 is 32.5 Å². The van der Waals surface area contributed by atoms with Gasteiger partial charge in [0.15, 0.2) is 6.10 Å². The quantitative estimate of drug-likeness (QED) is 0.0195. The third-order valence-corrected chi connectivity index (χ3v) is 10.9. The third-order valence-electron chi connectivity index (χ3n) is 9.93. The Labute approximate surface area is 438 Å². The van der Waals surface area contributed by atoms with Gasteiger partial charge in [-0.2, -0.15) is 0 Å². The Hall–Kier alpha value is -4.89.